The Labute approximate surface area is 69.6 Å². The number of aryl methyl sites for hydroxylation is 1. The molecule has 0 spiro atoms. The minimum atomic E-state index is 0.202. The lowest BCUT2D eigenvalue weighted by Gasteiger charge is -1.98. The summed E-state index contributed by atoms with van der Waals surface area (Å²) in [5, 5.41) is 11.0. The van der Waals surface area contributed by atoms with E-state index >= 15 is 0 Å². The second-order valence-corrected chi connectivity index (χ2v) is 2.35. The first-order valence-corrected chi connectivity index (χ1v) is 3.51. The van der Waals surface area contributed by atoms with E-state index in [9.17, 15) is 4.91 Å². The van der Waals surface area contributed by atoms with Crippen LogP contribution < -0.4 is 0 Å². The number of nitrogens with zero attached hydrogens (tertiary/aromatic N) is 4. The topological polar surface area (TPSA) is 71.0 Å². The molecule has 0 N–H and O–H groups in total. The Hall–Kier alpha value is -1.70. The van der Waals surface area contributed by atoms with Gasteiger partial charge in [0.25, 0.3) is 0 Å². The normalized spacial score (nSPS) is 9.33. The number of nitriles is 1. The van der Waals surface area contributed by atoms with Gasteiger partial charge in [-0.05, 0) is 12.1 Å². The third-order valence-corrected chi connectivity index (χ3v) is 1.62. The fraction of sp³-hybridized carbons (Fsp3) is 0.429. The van der Waals surface area contributed by atoms with E-state index in [0.717, 1.165) is 0 Å². The summed E-state index contributed by atoms with van der Waals surface area (Å²) >= 11 is 0. The standard InChI is InChI=1S/C7H8N4O/c1-6-7(10-12)9-5-11(6)4-2-3-8/h5H,2,4H2,1H3. The molecule has 0 fully saturated rings. The lowest BCUT2D eigenvalue weighted by atomic mass is 10.4. The third kappa shape index (κ3) is 1.48. The summed E-state index contributed by atoms with van der Waals surface area (Å²) in [6.07, 6.45) is 1.93. The van der Waals surface area contributed by atoms with Crippen LogP contribution in [0.3, 0.4) is 0 Å². The van der Waals surface area contributed by atoms with Gasteiger partial charge >= 0.3 is 0 Å². The Morgan fingerprint density at radius 3 is 3.08 bits per heavy atom. The second kappa shape index (κ2) is 3.62. The van der Waals surface area contributed by atoms with Gasteiger partial charge in [-0.15, -0.1) is 4.91 Å². The van der Waals surface area contributed by atoms with Crippen molar-refractivity contribution in [1.82, 2.24) is 9.55 Å². The highest BCUT2D eigenvalue weighted by molar-refractivity contribution is 5.32. The lowest BCUT2D eigenvalue weighted by Crippen LogP contribution is -1.96. The summed E-state index contributed by atoms with van der Waals surface area (Å²) in [5.74, 6) is 0.202. The summed E-state index contributed by atoms with van der Waals surface area (Å²) in [6, 6.07) is 2.01. The van der Waals surface area contributed by atoms with E-state index < -0.39 is 0 Å². The molecule has 0 radical (unpaired) electrons. The van der Waals surface area contributed by atoms with Crippen LogP contribution >= 0.6 is 0 Å². The molecule has 0 atom stereocenters. The third-order valence-electron chi connectivity index (χ3n) is 1.62. The van der Waals surface area contributed by atoms with Gasteiger partial charge < -0.3 is 4.57 Å². The highest BCUT2D eigenvalue weighted by atomic mass is 16.3. The van der Waals surface area contributed by atoms with Crippen LogP contribution in [0.4, 0.5) is 5.82 Å². The average Bonchev–Trinajstić information content (AvgIpc) is 2.43. The van der Waals surface area contributed by atoms with Gasteiger partial charge in [0.15, 0.2) is 0 Å². The summed E-state index contributed by atoms with van der Waals surface area (Å²) in [5.41, 5.74) is 0.709. The molecule has 1 heterocycles. The average molecular weight is 164 g/mol. The van der Waals surface area contributed by atoms with Crippen LogP contribution in [0.15, 0.2) is 11.5 Å². The molecule has 0 saturated heterocycles. The van der Waals surface area contributed by atoms with E-state index in [-0.39, 0.29) is 5.82 Å². The monoisotopic (exact) mass is 164 g/mol. The van der Waals surface area contributed by atoms with E-state index in [1.165, 1.54) is 6.33 Å². The molecule has 0 bridgehead atoms. The van der Waals surface area contributed by atoms with Crippen LogP contribution in [-0.2, 0) is 6.54 Å². The Bertz CT molecular complexity index is 323. The molecule has 1 aromatic rings. The van der Waals surface area contributed by atoms with Gasteiger partial charge in [-0.3, -0.25) is 0 Å². The van der Waals surface area contributed by atoms with Crippen molar-refractivity contribution in [3.8, 4) is 6.07 Å². The highest BCUT2D eigenvalue weighted by Crippen LogP contribution is 2.14. The van der Waals surface area contributed by atoms with Crippen LogP contribution in [0, 0.1) is 23.2 Å². The molecule has 0 amide bonds. The van der Waals surface area contributed by atoms with Crippen molar-refractivity contribution in [3.63, 3.8) is 0 Å². The van der Waals surface area contributed by atoms with E-state index in [0.29, 0.717) is 18.7 Å². The van der Waals surface area contributed by atoms with Crippen LogP contribution in [0.1, 0.15) is 12.1 Å². The molecule has 0 aliphatic heterocycles. The predicted octanol–water partition coefficient (Wildman–Crippen LogP) is 1.50. The highest BCUT2D eigenvalue weighted by Gasteiger charge is 2.04. The Kier molecular flexibility index (Phi) is 2.53. The molecule has 5 heteroatoms. The van der Waals surface area contributed by atoms with E-state index in [2.05, 4.69) is 10.2 Å². The minimum Gasteiger partial charge on any atom is -0.332 e. The molecule has 0 aliphatic rings. The molecule has 1 rings (SSSR count). The van der Waals surface area contributed by atoms with Gasteiger partial charge in [0.2, 0.25) is 5.82 Å². The predicted molar refractivity (Wildman–Crippen MR) is 42.6 cm³/mol. The van der Waals surface area contributed by atoms with Gasteiger partial charge in [0.1, 0.15) is 0 Å². The number of nitroso groups, excluding NO2 is 1. The zero-order valence-corrected chi connectivity index (χ0v) is 6.69. The fourth-order valence-corrected chi connectivity index (χ4v) is 0.918. The number of aromatic nitrogens is 2. The zero-order valence-electron chi connectivity index (χ0n) is 6.69. The van der Waals surface area contributed by atoms with Crippen LogP contribution in [0.25, 0.3) is 0 Å². The van der Waals surface area contributed by atoms with Crippen LogP contribution in [0.2, 0.25) is 0 Å². The van der Waals surface area contributed by atoms with Crippen molar-refractivity contribution in [2.45, 2.75) is 19.9 Å². The number of hydrogen-bond donors (Lipinski definition) is 0. The smallest absolute Gasteiger partial charge is 0.217 e. The fourth-order valence-electron chi connectivity index (χ4n) is 0.918. The summed E-state index contributed by atoms with van der Waals surface area (Å²) < 4.78 is 1.74. The van der Waals surface area contributed by atoms with Crippen molar-refractivity contribution >= 4 is 5.82 Å². The first-order chi connectivity index (χ1) is 5.79. The van der Waals surface area contributed by atoms with Gasteiger partial charge in [-0.2, -0.15) is 5.26 Å². The summed E-state index contributed by atoms with van der Waals surface area (Å²) in [7, 11) is 0. The van der Waals surface area contributed by atoms with Gasteiger partial charge in [0.05, 0.1) is 24.5 Å². The maximum atomic E-state index is 10.1. The number of imidazole rings is 1. The molecule has 12 heavy (non-hydrogen) atoms. The molecule has 62 valence electrons. The lowest BCUT2D eigenvalue weighted by molar-refractivity contribution is 0.695. The molecule has 0 unspecified atom stereocenters. The summed E-state index contributed by atoms with van der Waals surface area (Å²) in [6.45, 7) is 2.31. The first kappa shape index (κ1) is 8.40. The van der Waals surface area contributed by atoms with Gasteiger partial charge in [0, 0.05) is 6.54 Å². The molecule has 0 saturated carbocycles. The molecule has 0 aromatic carbocycles. The second-order valence-electron chi connectivity index (χ2n) is 2.35. The van der Waals surface area contributed by atoms with E-state index in [4.69, 9.17) is 5.26 Å². The van der Waals surface area contributed by atoms with Crippen molar-refractivity contribution in [3.05, 3.63) is 16.9 Å². The van der Waals surface area contributed by atoms with Crippen LogP contribution in [0.5, 0.6) is 0 Å². The van der Waals surface area contributed by atoms with Crippen LogP contribution in [-0.4, -0.2) is 9.55 Å². The maximum Gasteiger partial charge on any atom is 0.217 e. The largest absolute Gasteiger partial charge is 0.332 e. The molecular weight excluding hydrogens is 156 g/mol. The van der Waals surface area contributed by atoms with Gasteiger partial charge in [-0.1, -0.05) is 0 Å². The van der Waals surface area contributed by atoms with E-state index in [1.807, 2.05) is 6.07 Å². The minimum absolute atomic E-state index is 0.202. The van der Waals surface area contributed by atoms with Crippen molar-refractivity contribution < 1.29 is 0 Å². The van der Waals surface area contributed by atoms with Gasteiger partial charge in [-0.25, -0.2) is 4.98 Å². The first-order valence-electron chi connectivity index (χ1n) is 3.51. The maximum absolute atomic E-state index is 10.1. The number of rotatable bonds is 3. The summed E-state index contributed by atoms with van der Waals surface area (Å²) in [4.78, 5) is 13.9. The Balaban J connectivity index is 2.81. The Morgan fingerprint density at radius 1 is 1.83 bits per heavy atom. The van der Waals surface area contributed by atoms with Crippen molar-refractivity contribution in [1.29, 1.82) is 5.26 Å². The van der Waals surface area contributed by atoms with Crippen molar-refractivity contribution in [2.24, 2.45) is 5.18 Å². The Morgan fingerprint density at radius 2 is 2.58 bits per heavy atom. The number of hydrogen-bond acceptors (Lipinski definition) is 4. The molecular formula is C7H8N4O. The zero-order chi connectivity index (χ0) is 8.97. The molecule has 1 aromatic heterocycles. The molecule has 0 aliphatic carbocycles. The van der Waals surface area contributed by atoms with E-state index in [1.54, 1.807) is 11.5 Å². The quantitative estimate of drug-likeness (QED) is 0.635. The van der Waals surface area contributed by atoms with Crippen molar-refractivity contribution in [2.75, 3.05) is 0 Å². The molecule has 5 nitrogen and oxygen atoms in total. The SMILES string of the molecule is Cc1c(N=O)ncn1CCC#N.